The first-order valence-electron chi connectivity index (χ1n) is 9.45. The van der Waals surface area contributed by atoms with Gasteiger partial charge < -0.3 is 20.9 Å². The second-order valence-electron chi connectivity index (χ2n) is 6.10. The maximum Gasteiger partial charge on any atom is 0.243 e. The van der Waals surface area contributed by atoms with Crippen molar-refractivity contribution in [3.05, 3.63) is 12.7 Å². The summed E-state index contributed by atoms with van der Waals surface area (Å²) in [5.41, 5.74) is 5.33. The van der Waals surface area contributed by atoms with Crippen LogP contribution in [0.4, 0.5) is 0 Å². The van der Waals surface area contributed by atoms with Crippen LogP contribution < -0.4 is 11.1 Å². The van der Waals surface area contributed by atoms with E-state index in [2.05, 4.69) is 11.9 Å². The number of carbonyl (C=O) groups excluding carboxylic acids is 3. The molecule has 0 atom stereocenters. The molecule has 0 heterocycles. The summed E-state index contributed by atoms with van der Waals surface area (Å²) in [5.74, 6) is 4.11. The fraction of sp³-hybridized carbons (Fsp3) is 0.737. The highest BCUT2D eigenvalue weighted by Gasteiger charge is 2.01. The highest BCUT2D eigenvalue weighted by molar-refractivity contribution is 7.99. The van der Waals surface area contributed by atoms with Crippen LogP contribution in [0, 0.1) is 0 Å². The normalized spacial score (nSPS) is 9.75. The van der Waals surface area contributed by atoms with Gasteiger partial charge in [-0.2, -0.15) is 23.5 Å². The van der Waals surface area contributed by atoms with Gasteiger partial charge in [0.2, 0.25) is 17.7 Å². The first-order valence-corrected chi connectivity index (χ1v) is 11.8. The third kappa shape index (κ3) is 21.1. The number of hydrogen-bond donors (Lipinski definition) is 2. The molecule has 0 spiro atoms. The van der Waals surface area contributed by atoms with Crippen LogP contribution >= 0.6 is 23.5 Å². The molecule has 0 unspecified atom stereocenters. The molecule has 164 valence electrons. The van der Waals surface area contributed by atoms with Crippen molar-refractivity contribution >= 4 is 41.2 Å². The summed E-state index contributed by atoms with van der Waals surface area (Å²) in [6.45, 7) is 9.58. The van der Waals surface area contributed by atoms with Gasteiger partial charge in [-0.15, -0.1) is 0 Å². The Hall–Kier alpha value is -1.19. The van der Waals surface area contributed by atoms with Gasteiger partial charge >= 0.3 is 0 Å². The predicted octanol–water partition coefficient (Wildman–Crippen LogP) is 1.44. The molecule has 0 aliphatic carbocycles. The van der Waals surface area contributed by atoms with E-state index in [0.717, 1.165) is 55.5 Å². The first-order chi connectivity index (χ1) is 13.3. The van der Waals surface area contributed by atoms with Gasteiger partial charge in [0.1, 0.15) is 0 Å². The Labute approximate surface area is 179 Å². The molecule has 0 aliphatic heterocycles. The number of carbonyl (C=O) groups is 3. The van der Waals surface area contributed by atoms with Crippen molar-refractivity contribution in [1.82, 2.24) is 15.1 Å². The largest absolute Gasteiger partial charge is 0.352 e. The summed E-state index contributed by atoms with van der Waals surface area (Å²) in [4.78, 5) is 35.9. The fourth-order valence-corrected chi connectivity index (χ4v) is 3.22. The molecule has 3 amide bonds. The van der Waals surface area contributed by atoms with Gasteiger partial charge in [-0.1, -0.05) is 6.58 Å². The van der Waals surface area contributed by atoms with Crippen LogP contribution in [-0.2, 0) is 14.4 Å². The van der Waals surface area contributed by atoms with Crippen molar-refractivity contribution in [3.8, 4) is 0 Å². The van der Waals surface area contributed by atoms with Crippen molar-refractivity contribution in [2.75, 3.05) is 63.3 Å². The fourth-order valence-electron chi connectivity index (χ4n) is 1.73. The Bertz CT molecular complexity index is 451. The van der Waals surface area contributed by atoms with Gasteiger partial charge in [0.05, 0.1) is 0 Å². The van der Waals surface area contributed by atoms with Gasteiger partial charge in [0.15, 0.2) is 0 Å². The molecule has 0 aliphatic rings. The van der Waals surface area contributed by atoms with Crippen LogP contribution in [0.2, 0.25) is 0 Å². The lowest BCUT2D eigenvalue weighted by Crippen LogP contribution is -2.25. The van der Waals surface area contributed by atoms with Crippen LogP contribution in [0.15, 0.2) is 12.7 Å². The smallest absolute Gasteiger partial charge is 0.243 e. The highest BCUT2D eigenvalue weighted by Crippen LogP contribution is 2.02. The SMILES string of the molecule is C=CC(=O)NCCSCCCN(C)C(C)=O.CC(=O)N(C)CCCSCCN. The second-order valence-corrected chi connectivity index (χ2v) is 8.55. The van der Waals surface area contributed by atoms with E-state index in [-0.39, 0.29) is 17.7 Å². The Kier molecular flexibility index (Phi) is 21.3. The molecule has 0 saturated carbocycles. The van der Waals surface area contributed by atoms with Crippen LogP contribution in [0.5, 0.6) is 0 Å². The summed E-state index contributed by atoms with van der Waals surface area (Å²) in [6.07, 6.45) is 3.31. The number of nitrogens with one attached hydrogen (secondary N) is 1. The number of rotatable bonds is 14. The van der Waals surface area contributed by atoms with E-state index in [4.69, 9.17) is 5.73 Å². The van der Waals surface area contributed by atoms with Crippen molar-refractivity contribution in [2.24, 2.45) is 5.73 Å². The van der Waals surface area contributed by atoms with Gasteiger partial charge in [-0.25, -0.2) is 0 Å². The zero-order chi connectivity index (χ0) is 21.8. The van der Waals surface area contributed by atoms with E-state index in [1.807, 2.05) is 18.8 Å². The highest BCUT2D eigenvalue weighted by atomic mass is 32.2. The van der Waals surface area contributed by atoms with Crippen molar-refractivity contribution in [3.63, 3.8) is 0 Å². The summed E-state index contributed by atoms with van der Waals surface area (Å²) in [5, 5.41) is 2.71. The summed E-state index contributed by atoms with van der Waals surface area (Å²) >= 11 is 3.62. The van der Waals surface area contributed by atoms with Crippen molar-refractivity contribution < 1.29 is 14.4 Å². The predicted molar refractivity (Wildman–Crippen MR) is 123 cm³/mol. The summed E-state index contributed by atoms with van der Waals surface area (Å²) in [7, 11) is 3.63. The minimum atomic E-state index is -0.128. The van der Waals surface area contributed by atoms with Crippen LogP contribution in [0.1, 0.15) is 26.7 Å². The summed E-state index contributed by atoms with van der Waals surface area (Å²) in [6, 6.07) is 0. The number of nitrogens with two attached hydrogens (primary N) is 1. The monoisotopic (exact) mass is 434 g/mol. The molecule has 0 aromatic heterocycles. The lowest BCUT2D eigenvalue weighted by atomic mass is 10.4. The lowest BCUT2D eigenvalue weighted by molar-refractivity contribution is -0.128. The molecule has 9 heteroatoms. The second kappa shape index (κ2) is 20.5. The number of thioether (sulfide) groups is 2. The van der Waals surface area contributed by atoms with Gasteiger partial charge in [-0.3, -0.25) is 14.4 Å². The molecule has 0 fully saturated rings. The molecule has 0 aromatic rings. The van der Waals surface area contributed by atoms with Crippen LogP contribution in [0.25, 0.3) is 0 Å². The molecular formula is C19H38N4O3S2. The molecule has 0 saturated heterocycles. The number of hydrogen-bond acceptors (Lipinski definition) is 6. The average Bonchev–Trinajstić information content (AvgIpc) is 2.66. The van der Waals surface area contributed by atoms with Gasteiger partial charge in [-0.05, 0) is 30.4 Å². The number of amides is 3. The van der Waals surface area contributed by atoms with Gasteiger partial charge in [0.25, 0.3) is 0 Å². The average molecular weight is 435 g/mol. The molecule has 0 rings (SSSR count). The first kappa shape index (κ1) is 29.0. The maximum absolute atomic E-state index is 10.9. The van der Waals surface area contributed by atoms with Crippen molar-refractivity contribution in [1.29, 1.82) is 0 Å². The topological polar surface area (TPSA) is 95.7 Å². The molecule has 0 radical (unpaired) electrons. The van der Waals surface area contributed by atoms with E-state index < -0.39 is 0 Å². The lowest BCUT2D eigenvalue weighted by Gasteiger charge is -2.13. The van der Waals surface area contributed by atoms with Crippen LogP contribution in [-0.4, -0.2) is 90.8 Å². The Balaban J connectivity index is 0. The number of nitrogens with zero attached hydrogens (tertiary/aromatic N) is 2. The Morgan fingerprint density at radius 2 is 1.39 bits per heavy atom. The standard InChI is InChI=1S/C11H20N2O2S.C8H18N2OS/c1-4-11(15)12-6-9-16-8-5-7-13(3)10(2)14;1-8(11)10(2)5-3-6-12-7-4-9/h4H,1,5-9H2,2-3H3,(H,12,15);3-7,9H2,1-2H3. The minimum Gasteiger partial charge on any atom is -0.352 e. The molecular weight excluding hydrogens is 396 g/mol. The quantitative estimate of drug-likeness (QED) is 0.317. The Morgan fingerprint density at radius 1 is 0.929 bits per heavy atom. The third-order valence-corrected chi connectivity index (χ3v) is 5.80. The zero-order valence-electron chi connectivity index (χ0n) is 17.9. The minimum absolute atomic E-state index is 0.100. The molecule has 0 bridgehead atoms. The molecule has 3 N–H and O–H groups in total. The van der Waals surface area contributed by atoms with E-state index in [9.17, 15) is 14.4 Å². The van der Waals surface area contributed by atoms with E-state index in [1.165, 1.54) is 6.08 Å². The van der Waals surface area contributed by atoms with Gasteiger partial charge in [0, 0.05) is 65.6 Å². The maximum atomic E-state index is 10.9. The Morgan fingerprint density at radius 3 is 1.79 bits per heavy atom. The molecule has 28 heavy (non-hydrogen) atoms. The molecule has 7 nitrogen and oxygen atoms in total. The van der Waals surface area contributed by atoms with Crippen molar-refractivity contribution in [2.45, 2.75) is 26.7 Å². The summed E-state index contributed by atoms with van der Waals surface area (Å²) < 4.78 is 0. The molecule has 0 aromatic carbocycles. The zero-order valence-corrected chi connectivity index (χ0v) is 19.5. The van der Waals surface area contributed by atoms with Crippen LogP contribution in [0.3, 0.4) is 0 Å². The van der Waals surface area contributed by atoms with E-state index in [1.54, 1.807) is 42.5 Å². The van der Waals surface area contributed by atoms with E-state index >= 15 is 0 Å². The van der Waals surface area contributed by atoms with E-state index in [0.29, 0.717) is 6.54 Å². The third-order valence-electron chi connectivity index (χ3n) is 3.63.